The molecule has 1 heterocycles. The second-order valence-corrected chi connectivity index (χ2v) is 9.25. The van der Waals surface area contributed by atoms with E-state index >= 15 is 0 Å². The number of ether oxygens (including phenoxy) is 1. The summed E-state index contributed by atoms with van der Waals surface area (Å²) in [5.74, 6) is -0.120. The number of halogens is 1. The van der Waals surface area contributed by atoms with Crippen LogP contribution in [0.2, 0.25) is 0 Å². The molecule has 1 aliphatic heterocycles. The maximum Gasteiger partial charge on any atom is 0.410 e. The third-order valence-electron chi connectivity index (χ3n) is 3.33. The first-order chi connectivity index (χ1) is 8.99. The van der Waals surface area contributed by atoms with Crippen molar-refractivity contribution in [3.05, 3.63) is 0 Å². The smallest absolute Gasteiger partial charge is 0.410 e. The molecule has 0 aromatic rings. The number of carbonyl (C=O) groups excluding carboxylic acids is 1. The lowest BCUT2D eigenvalue weighted by molar-refractivity contribution is -0.00315. The highest BCUT2D eigenvalue weighted by Crippen LogP contribution is 2.27. The molecule has 0 N–H and O–H groups in total. The van der Waals surface area contributed by atoms with Crippen LogP contribution in [0.15, 0.2) is 0 Å². The van der Waals surface area contributed by atoms with Crippen molar-refractivity contribution in [1.82, 2.24) is 4.90 Å². The summed E-state index contributed by atoms with van der Waals surface area (Å²) in [6.45, 7) is 7.42. The zero-order chi connectivity index (χ0) is 15.6. The maximum atomic E-state index is 12.3. The fourth-order valence-corrected chi connectivity index (χ4v) is 3.31. The SMILES string of the molecule is CC1CCCC(CCS(=O)(=O)Cl)N1C(=O)OC(C)(C)C. The lowest BCUT2D eigenvalue weighted by atomic mass is 9.95. The number of hydrogen-bond donors (Lipinski definition) is 0. The monoisotopic (exact) mass is 325 g/mol. The average molecular weight is 326 g/mol. The van der Waals surface area contributed by atoms with Gasteiger partial charge in [-0.1, -0.05) is 0 Å². The first-order valence-corrected chi connectivity index (χ1v) is 9.41. The number of piperidine rings is 1. The number of likely N-dealkylation sites (tertiary alicyclic amines) is 1. The summed E-state index contributed by atoms with van der Waals surface area (Å²) in [7, 11) is 1.73. The van der Waals surface area contributed by atoms with Gasteiger partial charge in [0.15, 0.2) is 0 Å². The number of carbonyl (C=O) groups is 1. The molecule has 5 nitrogen and oxygen atoms in total. The Labute approximate surface area is 126 Å². The van der Waals surface area contributed by atoms with Crippen LogP contribution in [0, 0.1) is 0 Å². The van der Waals surface area contributed by atoms with Crippen molar-refractivity contribution in [3.63, 3.8) is 0 Å². The first kappa shape index (κ1) is 17.6. The predicted octanol–water partition coefficient (Wildman–Crippen LogP) is 3.12. The van der Waals surface area contributed by atoms with Gasteiger partial charge in [0.1, 0.15) is 5.60 Å². The molecule has 0 aliphatic carbocycles. The van der Waals surface area contributed by atoms with Crippen LogP contribution in [-0.4, -0.2) is 42.8 Å². The largest absolute Gasteiger partial charge is 0.444 e. The molecule has 7 heteroatoms. The fourth-order valence-electron chi connectivity index (χ4n) is 2.49. The van der Waals surface area contributed by atoms with E-state index in [0.717, 1.165) is 19.3 Å². The van der Waals surface area contributed by atoms with Gasteiger partial charge in [0.25, 0.3) is 0 Å². The molecule has 0 bridgehead atoms. The van der Waals surface area contributed by atoms with Crippen molar-refractivity contribution in [3.8, 4) is 0 Å². The first-order valence-electron chi connectivity index (χ1n) is 6.93. The van der Waals surface area contributed by atoms with Gasteiger partial charge in [-0.25, -0.2) is 13.2 Å². The molecule has 0 aromatic carbocycles. The summed E-state index contributed by atoms with van der Waals surface area (Å²) >= 11 is 0. The van der Waals surface area contributed by atoms with Gasteiger partial charge >= 0.3 is 6.09 Å². The van der Waals surface area contributed by atoms with Crippen LogP contribution in [0.1, 0.15) is 53.4 Å². The van der Waals surface area contributed by atoms with Crippen molar-refractivity contribution in [2.75, 3.05) is 5.75 Å². The minimum absolute atomic E-state index is 0.0571. The molecular formula is C13H24ClNO4S. The van der Waals surface area contributed by atoms with Crippen LogP contribution in [0.3, 0.4) is 0 Å². The molecule has 2 unspecified atom stereocenters. The molecule has 1 rings (SSSR count). The Morgan fingerprint density at radius 2 is 1.95 bits per heavy atom. The van der Waals surface area contributed by atoms with Gasteiger partial charge in [-0.3, -0.25) is 0 Å². The van der Waals surface area contributed by atoms with E-state index in [2.05, 4.69) is 0 Å². The molecule has 2 atom stereocenters. The number of rotatable bonds is 3. The van der Waals surface area contributed by atoms with Gasteiger partial charge in [-0.15, -0.1) is 0 Å². The molecule has 1 fully saturated rings. The van der Waals surface area contributed by atoms with E-state index in [0.29, 0.717) is 6.42 Å². The second kappa shape index (κ2) is 6.52. The molecular weight excluding hydrogens is 302 g/mol. The Kier molecular flexibility index (Phi) is 5.72. The van der Waals surface area contributed by atoms with E-state index in [1.807, 2.05) is 27.7 Å². The zero-order valence-electron chi connectivity index (χ0n) is 12.6. The fraction of sp³-hybridized carbons (Fsp3) is 0.923. The van der Waals surface area contributed by atoms with Crippen molar-refractivity contribution in [1.29, 1.82) is 0 Å². The average Bonchev–Trinajstić information content (AvgIpc) is 2.22. The van der Waals surface area contributed by atoms with Crippen molar-refractivity contribution >= 4 is 25.8 Å². The van der Waals surface area contributed by atoms with Crippen LogP contribution in [0.25, 0.3) is 0 Å². The van der Waals surface area contributed by atoms with Crippen molar-refractivity contribution in [2.45, 2.75) is 71.1 Å². The Balaban J connectivity index is 2.77. The maximum absolute atomic E-state index is 12.3. The summed E-state index contributed by atoms with van der Waals surface area (Å²) in [4.78, 5) is 14.0. The number of nitrogens with zero attached hydrogens (tertiary/aromatic N) is 1. The quantitative estimate of drug-likeness (QED) is 0.748. The highest BCUT2D eigenvalue weighted by Gasteiger charge is 2.35. The minimum Gasteiger partial charge on any atom is -0.444 e. The van der Waals surface area contributed by atoms with Crippen LogP contribution in [0.5, 0.6) is 0 Å². The molecule has 1 saturated heterocycles. The van der Waals surface area contributed by atoms with Crippen LogP contribution in [-0.2, 0) is 13.8 Å². The molecule has 0 aromatic heterocycles. The molecule has 0 saturated carbocycles. The Bertz CT molecular complexity index is 444. The van der Waals surface area contributed by atoms with Crippen molar-refractivity contribution in [2.24, 2.45) is 0 Å². The summed E-state index contributed by atoms with van der Waals surface area (Å²) in [5, 5.41) is 0. The second-order valence-electron chi connectivity index (χ2n) is 6.35. The Hall–Kier alpha value is -0.490. The van der Waals surface area contributed by atoms with E-state index < -0.39 is 14.7 Å². The minimum atomic E-state index is -3.53. The number of hydrogen-bond acceptors (Lipinski definition) is 4. The van der Waals surface area contributed by atoms with Gasteiger partial charge in [0, 0.05) is 22.8 Å². The van der Waals surface area contributed by atoms with E-state index in [4.69, 9.17) is 15.4 Å². The standard InChI is InChI=1S/C13H24ClNO4S/c1-10-6-5-7-11(8-9-20(14,17)18)15(10)12(16)19-13(2,3)4/h10-11H,5-9H2,1-4H3. The Morgan fingerprint density at radius 1 is 1.35 bits per heavy atom. The third-order valence-corrected chi connectivity index (χ3v) is 4.51. The predicted molar refractivity (Wildman–Crippen MR) is 79.4 cm³/mol. The van der Waals surface area contributed by atoms with E-state index in [-0.39, 0.29) is 23.9 Å². The summed E-state index contributed by atoms with van der Waals surface area (Å²) in [6, 6.07) is -0.0660. The highest BCUT2D eigenvalue weighted by atomic mass is 35.7. The molecule has 0 spiro atoms. The summed E-state index contributed by atoms with van der Waals surface area (Å²) in [6.07, 6.45) is 2.66. The number of amides is 1. The van der Waals surface area contributed by atoms with Gasteiger partial charge in [0.05, 0.1) is 5.75 Å². The van der Waals surface area contributed by atoms with E-state index in [9.17, 15) is 13.2 Å². The van der Waals surface area contributed by atoms with E-state index in [1.54, 1.807) is 4.90 Å². The highest BCUT2D eigenvalue weighted by molar-refractivity contribution is 8.13. The van der Waals surface area contributed by atoms with Gasteiger partial charge in [0.2, 0.25) is 9.05 Å². The van der Waals surface area contributed by atoms with Crippen LogP contribution < -0.4 is 0 Å². The zero-order valence-corrected chi connectivity index (χ0v) is 14.1. The van der Waals surface area contributed by atoms with Gasteiger partial charge < -0.3 is 9.64 Å². The normalized spacial score (nSPS) is 24.6. The van der Waals surface area contributed by atoms with Crippen LogP contribution >= 0.6 is 10.7 Å². The summed E-state index contributed by atoms with van der Waals surface area (Å²) < 4.78 is 27.6. The lowest BCUT2D eigenvalue weighted by Gasteiger charge is -2.41. The topological polar surface area (TPSA) is 63.7 Å². The Morgan fingerprint density at radius 3 is 2.45 bits per heavy atom. The van der Waals surface area contributed by atoms with E-state index in [1.165, 1.54) is 0 Å². The molecule has 118 valence electrons. The molecule has 1 amide bonds. The third kappa shape index (κ3) is 5.87. The summed E-state index contributed by atoms with van der Waals surface area (Å²) in [5.41, 5.74) is -0.558. The molecule has 20 heavy (non-hydrogen) atoms. The lowest BCUT2D eigenvalue weighted by Crippen LogP contribution is -2.51. The van der Waals surface area contributed by atoms with Gasteiger partial charge in [-0.2, -0.15) is 0 Å². The van der Waals surface area contributed by atoms with Crippen LogP contribution in [0.4, 0.5) is 4.79 Å². The van der Waals surface area contributed by atoms with Crippen molar-refractivity contribution < 1.29 is 17.9 Å². The molecule has 0 radical (unpaired) electrons. The molecule has 1 aliphatic rings. The van der Waals surface area contributed by atoms with Gasteiger partial charge in [-0.05, 0) is 53.4 Å².